The maximum atomic E-state index is 13.9. The summed E-state index contributed by atoms with van der Waals surface area (Å²) in [5.74, 6) is 0.508. The van der Waals surface area contributed by atoms with E-state index in [0.29, 0.717) is 5.69 Å². The highest BCUT2D eigenvalue weighted by Gasteiger charge is 2.30. The maximum absolute atomic E-state index is 13.9. The molecule has 0 unspecified atom stereocenters. The summed E-state index contributed by atoms with van der Waals surface area (Å²) in [5, 5.41) is 3.35. The zero-order valence-electron chi connectivity index (χ0n) is 20.7. The average molecular weight is 486 g/mol. The molecule has 0 atom stereocenters. The smallest absolute Gasteiger partial charge is 0.269 e. The number of hydrogen-bond donors (Lipinski definition) is 1. The normalized spacial score (nSPS) is 16.2. The lowest BCUT2D eigenvalue weighted by Crippen LogP contribution is -2.37. The van der Waals surface area contributed by atoms with Gasteiger partial charge < -0.3 is 14.6 Å². The Morgan fingerprint density at radius 2 is 1.67 bits per heavy atom. The van der Waals surface area contributed by atoms with Crippen LogP contribution in [0.1, 0.15) is 61.0 Å². The minimum atomic E-state index is -0.270. The standard InChI is InChI=1S/C30H32FN3O2/c1-36-24-16-12-20(13-17-24)26-19-34-28(29(35)32-23-7-3-2-4-8-23)27(21-10-14-22(31)15-11-21)25-9-5-6-18-33(26)30(25)34/h10-17,19,23H,2-9,18H2,1H3,(H,32,35). The van der Waals surface area contributed by atoms with Gasteiger partial charge in [-0.3, -0.25) is 9.20 Å². The Balaban J connectivity index is 1.55. The second-order valence-corrected chi connectivity index (χ2v) is 10.1. The fourth-order valence-corrected chi connectivity index (χ4v) is 6.03. The Morgan fingerprint density at radius 1 is 0.944 bits per heavy atom. The van der Waals surface area contributed by atoms with Gasteiger partial charge in [-0.05, 0) is 79.6 Å². The number of carbonyl (C=O) groups is 1. The van der Waals surface area contributed by atoms with Crippen LogP contribution in [0.4, 0.5) is 4.39 Å². The Kier molecular flexibility index (Phi) is 6.04. The van der Waals surface area contributed by atoms with E-state index in [0.717, 1.165) is 85.3 Å². The van der Waals surface area contributed by atoms with Gasteiger partial charge in [0.2, 0.25) is 0 Å². The zero-order chi connectivity index (χ0) is 24.6. The molecule has 1 amide bonds. The van der Waals surface area contributed by atoms with Crippen molar-refractivity contribution in [3.63, 3.8) is 0 Å². The van der Waals surface area contributed by atoms with E-state index in [-0.39, 0.29) is 17.8 Å². The maximum Gasteiger partial charge on any atom is 0.269 e. The van der Waals surface area contributed by atoms with Crippen LogP contribution in [0.3, 0.4) is 0 Å². The molecule has 36 heavy (non-hydrogen) atoms. The van der Waals surface area contributed by atoms with Crippen LogP contribution < -0.4 is 10.1 Å². The van der Waals surface area contributed by atoms with E-state index in [1.165, 1.54) is 24.1 Å². The Morgan fingerprint density at radius 3 is 2.39 bits per heavy atom. The molecule has 4 aromatic rings. The highest BCUT2D eigenvalue weighted by atomic mass is 19.1. The first-order chi connectivity index (χ1) is 17.6. The zero-order valence-corrected chi connectivity index (χ0v) is 20.7. The van der Waals surface area contributed by atoms with Crippen molar-refractivity contribution in [2.24, 2.45) is 0 Å². The third-order valence-corrected chi connectivity index (χ3v) is 7.81. The lowest BCUT2D eigenvalue weighted by Gasteiger charge is -2.23. The van der Waals surface area contributed by atoms with Gasteiger partial charge in [-0.2, -0.15) is 0 Å². The number of hydrogen-bond acceptors (Lipinski definition) is 2. The molecule has 1 saturated carbocycles. The fourth-order valence-electron chi connectivity index (χ4n) is 6.03. The quantitative estimate of drug-likeness (QED) is 0.345. The van der Waals surface area contributed by atoms with Gasteiger partial charge in [-0.25, -0.2) is 4.39 Å². The topological polar surface area (TPSA) is 47.7 Å². The number of carbonyl (C=O) groups excluding carboxylic acids is 1. The summed E-state index contributed by atoms with van der Waals surface area (Å²) in [5.41, 5.74) is 6.92. The number of benzene rings is 2. The van der Waals surface area contributed by atoms with Crippen molar-refractivity contribution in [3.8, 4) is 28.1 Å². The molecule has 0 spiro atoms. The minimum Gasteiger partial charge on any atom is -0.497 e. The van der Waals surface area contributed by atoms with Crippen LogP contribution in [0, 0.1) is 5.82 Å². The first kappa shape index (κ1) is 22.9. The molecule has 2 aromatic carbocycles. The molecule has 0 bridgehead atoms. The summed E-state index contributed by atoms with van der Waals surface area (Å²) in [6, 6.07) is 14.9. The third kappa shape index (κ3) is 3.98. The number of methoxy groups -OCH3 is 1. The van der Waals surface area contributed by atoms with Crippen LogP contribution in [0.15, 0.2) is 54.7 Å². The van der Waals surface area contributed by atoms with Crippen molar-refractivity contribution in [1.29, 1.82) is 0 Å². The summed E-state index contributed by atoms with van der Waals surface area (Å²) in [6.07, 6.45) is 10.7. The number of nitrogens with one attached hydrogen (secondary N) is 1. The molecule has 6 heteroatoms. The van der Waals surface area contributed by atoms with Gasteiger partial charge in [0.25, 0.3) is 5.91 Å². The van der Waals surface area contributed by atoms with E-state index in [1.807, 2.05) is 12.1 Å². The molecule has 186 valence electrons. The molecule has 5 nitrogen and oxygen atoms in total. The van der Waals surface area contributed by atoms with E-state index < -0.39 is 0 Å². The SMILES string of the molecule is COc1ccc(-c2cn3c(C(=O)NC4CCCCC4)c(-c4ccc(F)cc4)c4c3n2CCCC4)cc1. The molecule has 0 saturated heterocycles. The predicted molar refractivity (Wildman–Crippen MR) is 140 cm³/mol. The summed E-state index contributed by atoms with van der Waals surface area (Å²) in [6.45, 7) is 0.890. The Hall–Kier alpha value is -3.54. The van der Waals surface area contributed by atoms with E-state index >= 15 is 0 Å². The van der Waals surface area contributed by atoms with E-state index in [4.69, 9.17) is 4.74 Å². The molecule has 0 radical (unpaired) electrons. The number of ether oxygens (including phenoxy) is 1. The van der Waals surface area contributed by atoms with Crippen molar-refractivity contribution in [1.82, 2.24) is 14.3 Å². The lowest BCUT2D eigenvalue weighted by molar-refractivity contribution is 0.0922. The van der Waals surface area contributed by atoms with Crippen molar-refractivity contribution >= 4 is 11.6 Å². The summed E-state index contributed by atoms with van der Waals surface area (Å²) < 4.78 is 23.6. The summed E-state index contributed by atoms with van der Waals surface area (Å²) in [7, 11) is 1.67. The Bertz CT molecular complexity index is 1390. The predicted octanol–water partition coefficient (Wildman–Crippen LogP) is 6.62. The summed E-state index contributed by atoms with van der Waals surface area (Å²) in [4.78, 5) is 13.9. The molecule has 3 heterocycles. The largest absolute Gasteiger partial charge is 0.497 e. The van der Waals surface area contributed by atoms with Gasteiger partial charge >= 0.3 is 0 Å². The van der Waals surface area contributed by atoms with Crippen molar-refractivity contribution in [2.75, 3.05) is 7.11 Å². The molecule has 1 aliphatic heterocycles. The number of imidazole rings is 1. The fraction of sp³-hybridized carbons (Fsp3) is 0.367. The Labute approximate surface area is 210 Å². The van der Waals surface area contributed by atoms with Crippen LogP contribution in [-0.2, 0) is 13.0 Å². The van der Waals surface area contributed by atoms with Crippen LogP contribution in [-0.4, -0.2) is 28.0 Å². The number of aryl methyl sites for hydroxylation is 2. The molecule has 1 fully saturated rings. The van der Waals surface area contributed by atoms with Crippen LogP contribution in [0.5, 0.6) is 5.75 Å². The molecule has 2 aliphatic rings. The molecule has 6 rings (SSSR count). The van der Waals surface area contributed by atoms with E-state index in [2.05, 4.69) is 32.6 Å². The van der Waals surface area contributed by atoms with E-state index in [1.54, 1.807) is 19.2 Å². The van der Waals surface area contributed by atoms with Gasteiger partial charge in [0.05, 0.1) is 12.8 Å². The van der Waals surface area contributed by atoms with Gasteiger partial charge in [0, 0.05) is 29.9 Å². The highest BCUT2D eigenvalue weighted by Crippen LogP contribution is 2.40. The third-order valence-electron chi connectivity index (χ3n) is 7.81. The number of nitrogens with zero attached hydrogens (tertiary/aromatic N) is 2. The van der Waals surface area contributed by atoms with Crippen molar-refractivity contribution in [3.05, 3.63) is 71.8 Å². The average Bonchev–Trinajstić information content (AvgIpc) is 3.32. The van der Waals surface area contributed by atoms with Gasteiger partial charge in [0.15, 0.2) is 0 Å². The number of amides is 1. The van der Waals surface area contributed by atoms with Gasteiger partial charge in [-0.1, -0.05) is 31.4 Å². The van der Waals surface area contributed by atoms with E-state index in [9.17, 15) is 9.18 Å². The van der Waals surface area contributed by atoms with Crippen LogP contribution in [0.2, 0.25) is 0 Å². The van der Waals surface area contributed by atoms with Crippen molar-refractivity contribution in [2.45, 2.75) is 64.0 Å². The first-order valence-electron chi connectivity index (χ1n) is 13.1. The van der Waals surface area contributed by atoms with Crippen LogP contribution >= 0.6 is 0 Å². The lowest BCUT2D eigenvalue weighted by atomic mass is 9.94. The first-order valence-corrected chi connectivity index (χ1v) is 13.1. The van der Waals surface area contributed by atoms with Gasteiger partial charge in [0.1, 0.15) is 22.9 Å². The number of rotatable bonds is 5. The monoisotopic (exact) mass is 485 g/mol. The highest BCUT2D eigenvalue weighted by molar-refractivity contribution is 6.03. The molecular formula is C30H32FN3O2. The number of halogens is 1. The summed E-state index contributed by atoms with van der Waals surface area (Å²) >= 11 is 0. The van der Waals surface area contributed by atoms with Crippen LogP contribution in [0.25, 0.3) is 28.0 Å². The minimum absolute atomic E-state index is 0.0403. The number of aromatic nitrogens is 2. The molecule has 2 aromatic heterocycles. The second-order valence-electron chi connectivity index (χ2n) is 10.1. The van der Waals surface area contributed by atoms with Crippen molar-refractivity contribution < 1.29 is 13.9 Å². The molecule has 1 N–H and O–H groups in total. The second kappa shape index (κ2) is 9.49. The molecular weight excluding hydrogens is 453 g/mol. The van der Waals surface area contributed by atoms with Gasteiger partial charge in [-0.15, -0.1) is 0 Å². The molecule has 1 aliphatic carbocycles.